The van der Waals surface area contributed by atoms with Gasteiger partial charge in [0.1, 0.15) is 40.7 Å². The highest BCUT2D eigenvalue weighted by Gasteiger charge is 2.65. The van der Waals surface area contributed by atoms with Crippen molar-refractivity contribution in [3.63, 3.8) is 0 Å². The van der Waals surface area contributed by atoms with E-state index in [1.807, 2.05) is 24.8 Å². The number of methoxy groups -OCH3 is 2. The van der Waals surface area contributed by atoms with E-state index in [2.05, 4.69) is 21.3 Å². The second kappa shape index (κ2) is 38.7. The molecule has 578 valence electrons. The SMILES string of the molecule is COc1cc2cc(c1Cl)N(C)C(=O)C[C@H](OC(=O)[C@H](C)N(C)C(=O)CC(C)(C)SC1CC(=O)N(CCOCCOCCNC(=O)CCC(=O)N3CCNCCN4C(=O)CC(SC5CCCCC(CC5)SCCC(=O)NCC3)C4=O)C1=O)[C@]1(C)O[C@H]1[C@H](C)[C@@H]1C[C@@](O)(NC(=O)O1)[C@H](OC)/C=C/C=C(\C)C2. The van der Waals surface area contributed by atoms with Gasteiger partial charge in [0.15, 0.2) is 5.72 Å². The van der Waals surface area contributed by atoms with Gasteiger partial charge in [-0.05, 0) is 70.6 Å². The van der Waals surface area contributed by atoms with E-state index in [4.69, 9.17) is 44.8 Å². The fraction of sp³-hybridized carbons (Fsp3) is 0.708. The number of epoxide rings is 1. The zero-order valence-electron chi connectivity index (χ0n) is 61.6. The Morgan fingerprint density at radius 1 is 0.904 bits per heavy atom. The fourth-order valence-corrected chi connectivity index (χ4v) is 18.4. The molecule has 1 aliphatic carbocycles. The van der Waals surface area contributed by atoms with E-state index in [0.29, 0.717) is 53.6 Å². The van der Waals surface area contributed by atoms with Crippen LogP contribution in [0.25, 0.3) is 0 Å². The van der Waals surface area contributed by atoms with Gasteiger partial charge in [-0.1, -0.05) is 69.0 Å². The van der Waals surface area contributed by atoms with Crippen LogP contribution in [0.5, 0.6) is 5.75 Å². The summed E-state index contributed by atoms with van der Waals surface area (Å²) in [5.74, 6) is -3.27. The number of allylic oxidation sites excluding steroid dienone is 3. The first-order valence-corrected chi connectivity index (χ1v) is 39.3. The van der Waals surface area contributed by atoms with Crippen molar-refractivity contribution >= 4 is 118 Å². The number of nitrogens with one attached hydrogen (secondary N) is 4. The van der Waals surface area contributed by atoms with Crippen LogP contribution >= 0.6 is 46.9 Å². The van der Waals surface area contributed by atoms with E-state index in [1.54, 1.807) is 68.6 Å². The van der Waals surface area contributed by atoms with Crippen molar-refractivity contribution in [2.24, 2.45) is 5.92 Å². The lowest BCUT2D eigenvalue weighted by Gasteiger charge is -2.42. The number of thioether (sulfide) groups is 3. The molecule has 10 amide bonds. The smallest absolute Gasteiger partial charge is 0.409 e. The minimum atomic E-state index is -1.91. The zero-order chi connectivity index (χ0) is 75.6. The van der Waals surface area contributed by atoms with Crippen LogP contribution < -0.4 is 30.9 Å². The van der Waals surface area contributed by atoms with Gasteiger partial charge in [-0.2, -0.15) is 11.8 Å². The van der Waals surface area contributed by atoms with E-state index in [0.717, 1.165) is 54.6 Å². The predicted octanol–water partition coefficient (Wildman–Crippen LogP) is 5.10. The predicted molar refractivity (Wildman–Crippen MR) is 394 cm³/mol. The van der Waals surface area contributed by atoms with Crippen LogP contribution in [0.4, 0.5) is 10.5 Å². The van der Waals surface area contributed by atoms with Gasteiger partial charge in [-0.3, -0.25) is 58.3 Å². The van der Waals surface area contributed by atoms with Crippen LogP contribution in [0.15, 0.2) is 35.9 Å². The summed E-state index contributed by atoms with van der Waals surface area (Å²) in [5, 5.41) is 23.2. The number of likely N-dealkylation sites (N-methyl/N-ethyl adjacent to an activating group) is 1. The Balaban J connectivity index is 0.755. The molecule has 28 nitrogen and oxygen atoms in total. The molecule has 1 aromatic rings. The molecule has 8 rings (SSSR count). The Morgan fingerprint density at radius 3 is 2.36 bits per heavy atom. The van der Waals surface area contributed by atoms with Gasteiger partial charge in [0.05, 0.1) is 68.8 Å². The number of alkyl carbamates (subject to hydrolysis) is 1. The van der Waals surface area contributed by atoms with Crippen molar-refractivity contribution in [2.75, 3.05) is 118 Å². The van der Waals surface area contributed by atoms with Gasteiger partial charge in [0.25, 0.3) is 0 Å². The number of imide groups is 2. The third-order valence-electron chi connectivity index (χ3n) is 20.2. The fourth-order valence-electron chi connectivity index (χ4n) is 13.9. The summed E-state index contributed by atoms with van der Waals surface area (Å²) in [6, 6.07) is 2.32. The van der Waals surface area contributed by atoms with Crippen molar-refractivity contribution in [3.8, 4) is 5.75 Å². The number of carbonyl (C=O) groups excluding carboxylic acids is 11. The first kappa shape index (κ1) is 83.6. The molecule has 8 bridgehead atoms. The molecule has 0 aromatic heterocycles. The van der Waals surface area contributed by atoms with Crippen molar-refractivity contribution in [3.05, 3.63) is 46.5 Å². The third-order valence-corrected chi connectivity index (χ3v) is 25.0. The Labute approximate surface area is 627 Å². The molecule has 6 heterocycles. The highest BCUT2D eigenvalue weighted by molar-refractivity contribution is 8.02. The highest BCUT2D eigenvalue weighted by Crippen LogP contribution is 2.50. The Hall–Kier alpha value is -6.03. The molecule has 4 unspecified atom stereocenters. The van der Waals surface area contributed by atoms with Crippen molar-refractivity contribution in [1.29, 1.82) is 0 Å². The van der Waals surface area contributed by atoms with Gasteiger partial charge >= 0.3 is 12.1 Å². The average molecular weight is 1530 g/mol. The standard InChI is InChI=1S/C72H106ClN9O19S3/c1-44-14-13-17-55(96-10)72(94)42-52(99-69(93)77-72)45(2)65-71(6,101-65)56(41-60(86)79(8)50-37-47(36-44)38-51(95-9)64(50)73)100-68(92)46(3)78(7)63(89)43-70(4,5)104-54-40-62(88)82(67(54)91)30-32-98-34-33-97-31-26-76-57(83)20-21-59(85)80-27-23-74-24-29-81-61(87)39-53(66(81)90)103-49-16-12-11-15-48(18-19-49)102-35-22-58(84)75-25-28-80/h13-14,17,37-38,45-46,48-49,52-56,65,74,94H,11-12,15-16,18-36,39-43H2,1-10H3,(H,75,84)(H,76,83)(H,77,93)/b17-13+,44-14+/t45-,46+,48?,49?,52+,53?,54?,55-,56+,65+,71+,72+/m1/s1. The molecule has 5 N–H and O–H groups in total. The molecule has 1 saturated carbocycles. The number of aliphatic hydroxyl groups is 1. The van der Waals surface area contributed by atoms with Crippen molar-refractivity contribution in [1.82, 2.24) is 40.9 Å². The van der Waals surface area contributed by atoms with E-state index < -0.39 is 99.8 Å². The monoisotopic (exact) mass is 1530 g/mol. The quantitative estimate of drug-likeness (QED) is 0.0463. The van der Waals surface area contributed by atoms with Crippen molar-refractivity contribution in [2.45, 2.75) is 205 Å². The van der Waals surface area contributed by atoms with E-state index >= 15 is 0 Å². The van der Waals surface area contributed by atoms with Crippen LogP contribution in [0.2, 0.25) is 5.02 Å². The number of carbonyl (C=O) groups is 11. The molecule has 1 aromatic carbocycles. The summed E-state index contributed by atoms with van der Waals surface area (Å²) in [5.41, 5.74) is -1.29. The van der Waals surface area contributed by atoms with Gasteiger partial charge in [0, 0.05) is 139 Å². The Kier molecular flexibility index (Phi) is 31.1. The third kappa shape index (κ3) is 23.0. The summed E-state index contributed by atoms with van der Waals surface area (Å²) in [4.78, 5) is 155. The first-order chi connectivity index (χ1) is 49.4. The zero-order valence-corrected chi connectivity index (χ0v) is 64.8. The maximum Gasteiger partial charge on any atom is 0.409 e. The van der Waals surface area contributed by atoms with Crippen LogP contribution in [0.3, 0.4) is 0 Å². The number of hydrogen-bond acceptors (Lipinski definition) is 23. The molecule has 5 saturated heterocycles. The number of rotatable bonds is 21. The largest absolute Gasteiger partial charge is 0.495 e. The summed E-state index contributed by atoms with van der Waals surface area (Å²) >= 11 is 11.5. The summed E-state index contributed by atoms with van der Waals surface area (Å²) in [6.07, 6.45) is 6.63. The molecule has 104 heavy (non-hydrogen) atoms. The van der Waals surface area contributed by atoms with E-state index in [-0.39, 0.29) is 144 Å². The summed E-state index contributed by atoms with van der Waals surface area (Å²) < 4.78 is 40.1. The summed E-state index contributed by atoms with van der Waals surface area (Å²) in [7, 11) is 5.85. The molecule has 7 aliphatic rings. The number of amides is 10. The van der Waals surface area contributed by atoms with Crippen LogP contribution in [0.1, 0.15) is 137 Å². The Bertz CT molecular complexity index is 3330. The molecule has 0 spiro atoms. The lowest BCUT2D eigenvalue weighted by molar-refractivity contribution is -0.162. The minimum absolute atomic E-state index is 0.0161. The molecule has 12 atom stereocenters. The van der Waals surface area contributed by atoms with Crippen LogP contribution in [-0.2, 0) is 82.8 Å². The molecule has 32 heteroatoms. The average Bonchev–Trinajstić information content (AvgIpc) is 1.57. The van der Waals surface area contributed by atoms with Gasteiger partial charge < -0.3 is 68.9 Å². The number of nitrogens with zero attached hydrogens (tertiary/aromatic N) is 5. The number of hydrogen-bond donors (Lipinski definition) is 5. The number of ether oxygens (including phenoxy) is 7. The first-order valence-electron chi connectivity index (χ1n) is 36.1. The number of likely N-dealkylation sites (tertiary alicyclic amines) is 1. The molecule has 6 fully saturated rings. The van der Waals surface area contributed by atoms with Gasteiger partial charge in [-0.25, -0.2) is 9.59 Å². The number of benzene rings is 1. The molecule has 0 radical (unpaired) electrons. The normalized spacial score (nSPS) is 29.2. The maximum atomic E-state index is 14.5. The second-order valence-corrected chi connectivity index (χ2v) is 33.7. The van der Waals surface area contributed by atoms with Gasteiger partial charge in [-0.15, -0.1) is 23.5 Å². The molecule has 6 aliphatic heterocycles. The minimum Gasteiger partial charge on any atom is -0.495 e. The van der Waals surface area contributed by atoms with E-state index in [1.165, 1.54) is 61.7 Å². The number of anilines is 1. The molecular weight excluding hydrogens is 1430 g/mol. The van der Waals surface area contributed by atoms with E-state index in [9.17, 15) is 57.8 Å². The topological polar surface area (TPSA) is 340 Å². The lowest BCUT2D eigenvalue weighted by Crippen LogP contribution is -2.63. The number of fused-ring (bicyclic) bond motifs is 10. The van der Waals surface area contributed by atoms with Crippen LogP contribution in [0, 0.1) is 5.92 Å². The second-order valence-electron chi connectivity index (χ2n) is 28.5. The number of halogens is 1. The van der Waals surface area contributed by atoms with Crippen LogP contribution in [-0.4, -0.2) is 270 Å². The van der Waals surface area contributed by atoms with Gasteiger partial charge in [0.2, 0.25) is 53.2 Å². The maximum absolute atomic E-state index is 14.5. The summed E-state index contributed by atoms with van der Waals surface area (Å²) in [6.45, 7) is 12.7. The lowest BCUT2D eigenvalue weighted by atomic mass is 9.83. The highest BCUT2D eigenvalue weighted by atomic mass is 35.5. The molecular formula is C72H106ClN9O19S3. The Morgan fingerprint density at radius 2 is 1.62 bits per heavy atom. The van der Waals surface area contributed by atoms with Crippen molar-refractivity contribution < 1.29 is 91.0 Å². The number of esters is 1.